The first kappa shape index (κ1) is 25.7. The molecule has 0 aliphatic rings. The Morgan fingerprint density at radius 2 is 1.97 bits per heavy atom. The number of nitrogens with one attached hydrogen (secondary N) is 1. The SMILES string of the molecule is [CH2-]C([CH2-])Cn1cc2cc(NC(=O)c3cccc(C(F)(F)F)n3)c(CO)cc2n1.[CH3-].[V]. The van der Waals surface area contributed by atoms with Gasteiger partial charge in [-0.15, -0.1) is 0 Å². The number of nitrogens with zero attached hydrogens (tertiary/aromatic N) is 3. The van der Waals surface area contributed by atoms with Gasteiger partial charge in [-0.05, 0) is 30.8 Å². The Balaban J connectivity index is 0.00000225. The van der Waals surface area contributed by atoms with Crippen molar-refractivity contribution < 1.29 is 41.6 Å². The summed E-state index contributed by atoms with van der Waals surface area (Å²) in [5.41, 5.74) is -0.306. The van der Waals surface area contributed by atoms with Crippen molar-refractivity contribution in [3.8, 4) is 0 Å². The number of aromatic nitrogens is 3. The zero-order valence-corrected chi connectivity index (χ0v) is 17.5. The van der Waals surface area contributed by atoms with Crippen molar-refractivity contribution in [2.45, 2.75) is 19.3 Å². The molecule has 0 aliphatic heterocycles. The van der Waals surface area contributed by atoms with Gasteiger partial charge < -0.3 is 31.7 Å². The van der Waals surface area contributed by atoms with Crippen LogP contribution in [-0.4, -0.2) is 25.8 Å². The summed E-state index contributed by atoms with van der Waals surface area (Å²) in [6.45, 7) is 7.69. The number of hydrogen-bond acceptors (Lipinski definition) is 4. The van der Waals surface area contributed by atoms with E-state index < -0.39 is 17.8 Å². The second kappa shape index (κ2) is 10.1. The molecule has 6 nitrogen and oxygen atoms in total. The Bertz CT molecular complexity index is 1020. The van der Waals surface area contributed by atoms with E-state index in [0.717, 1.165) is 12.1 Å². The normalized spacial score (nSPS) is 11.2. The quantitative estimate of drug-likeness (QED) is 0.571. The molecule has 0 saturated carbocycles. The smallest absolute Gasteiger partial charge is 0.392 e. The summed E-state index contributed by atoms with van der Waals surface area (Å²) in [6, 6.07) is 6.27. The fraction of sp³-hybridized carbons (Fsp3) is 0.200. The minimum Gasteiger partial charge on any atom is -0.392 e. The predicted molar refractivity (Wildman–Crippen MR) is 103 cm³/mol. The fourth-order valence-electron chi connectivity index (χ4n) is 2.68. The molecule has 10 heteroatoms. The van der Waals surface area contributed by atoms with E-state index in [1.807, 2.05) is 0 Å². The molecular formula is C20H20F3N4O2V-3. The monoisotopic (exact) mass is 456 g/mol. The molecule has 2 N–H and O–H groups in total. The summed E-state index contributed by atoms with van der Waals surface area (Å²) in [7, 11) is 0. The molecule has 0 bridgehead atoms. The van der Waals surface area contributed by atoms with Crippen LogP contribution in [0.4, 0.5) is 18.9 Å². The largest absolute Gasteiger partial charge is 0.433 e. The molecular weight excluding hydrogens is 436 g/mol. The number of amides is 1. The van der Waals surface area contributed by atoms with Crippen LogP contribution in [-0.2, 0) is 37.9 Å². The molecule has 30 heavy (non-hydrogen) atoms. The molecule has 2 aromatic heterocycles. The average Bonchev–Trinajstić information content (AvgIpc) is 3.00. The second-order valence-corrected chi connectivity index (χ2v) is 6.30. The van der Waals surface area contributed by atoms with Crippen LogP contribution < -0.4 is 5.32 Å². The molecule has 0 saturated heterocycles. The van der Waals surface area contributed by atoms with E-state index in [1.165, 1.54) is 6.07 Å². The van der Waals surface area contributed by atoms with Crippen molar-refractivity contribution >= 4 is 22.5 Å². The molecule has 161 valence electrons. The molecule has 1 radical (unpaired) electrons. The van der Waals surface area contributed by atoms with E-state index in [-0.39, 0.29) is 49.9 Å². The minimum absolute atomic E-state index is 0. The average molecular weight is 456 g/mol. The molecule has 3 aromatic rings. The second-order valence-electron chi connectivity index (χ2n) is 6.30. The molecule has 1 aromatic carbocycles. The van der Waals surface area contributed by atoms with Crippen molar-refractivity contribution in [3.05, 3.63) is 74.8 Å². The third kappa shape index (κ3) is 5.84. The third-order valence-electron chi connectivity index (χ3n) is 3.91. The molecule has 0 unspecified atom stereocenters. The Hall–Kier alpha value is -2.36. The number of anilines is 1. The summed E-state index contributed by atoms with van der Waals surface area (Å²) >= 11 is 0. The van der Waals surface area contributed by atoms with Gasteiger partial charge in [0.05, 0.1) is 12.1 Å². The number of rotatable bonds is 5. The van der Waals surface area contributed by atoms with Gasteiger partial charge in [-0.1, -0.05) is 6.07 Å². The maximum Gasteiger partial charge on any atom is 0.433 e. The summed E-state index contributed by atoms with van der Waals surface area (Å²) in [6.07, 6.45) is -2.92. The molecule has 3 rings (SSSR count). The molecule has 0 atom stereocenters. The van der Waals surface area contributed by atoms with E-state index in [1.54, 1.807) is 23.0 Å². The van der Waals surface area contributed by atoms with E-state index in [9.17, 15) is 23.1 Å². The zero-order valence-electron chi connectivity index (χ0n) is 16.1. The van der Waals surface area contributed by atoms with Gasteiger partial charge >= 0.3 is 6.18 Å². The summed E-state index contributed by atoms with van der Waals surface area (Å²) in [5, 5.41) is 17.1. The van der Waals surface area contributed by atoms with Crippen LogP contribution >= 0.6 is 0 Å². The number of aliphatic hydroxyl groups is 1. The van der Waals surface area contributed by atoms with Gasteiger partial charge in [0, 0.05) is 41.4 Å². The number of carbonyl (C=O) groups is 1. The van der Waals surface area contributed by atoms with Crippen molar-refractivity contribution in [2.24, 2.45) is 5.92 Å². The van der Waals surface area contributed by atoms with Crippen LogP contribution in [0.15, 0.2) is 36.5 Å². The van der Waals surface area contributed by atoms with Gasteiger partial charge in [-0.25, -0.2) is 4.98 Å². The van der Waals surface area contributed by atoms with Gasteiger partial charge in [0.2, 0.25) is 0 Å². The van der Waals surface area contributed by atoms with Crippen LogP contribution in [0.5, 0.6) is 0 Å². The van der Waals surface area contributed by atoms with Gasteiger partial charge in [0.25, 0.3) is 5.91 Å². The number of fused-ring (bicyclic) bond motifs is 1. The van der Waals surface area contributed by atoms with E-state index in [2.05, 4.69) is 29.2 Å². The van der Waals surface area contributed by atoms with Gasteiger partial charge in [-0.3, -0.25) is 15.4 Å². The van der Waals surface area contributed by atoms with E-state index in [0.29, 0.717) is 23.0 Å². The van der Waals surface area contributed by atoms with Gasteiger partial charge in [0.1, 0.15) is 11.4 Å². The number of aliphatic hydroxyl groups excluding tert-OH is 1. The first-order valence-electron chi connectivity index (χ1n) is 8.30. The molecule has 2 heterocycles. The number of pyridine rings is 1. The van der Waals surface area contributed by atoms with Crippen LogP contribution in [0.25, 0.3) is 10.9 Å². The Morgan fingerprint density at radius 1 is 1.27 bits per heavy atom. The summed E-state index contributed by atoms with van der Waals surface area (Å²) in [5.74, 6) is -0.930. The zero-order chi connectivity index (χ0) is 20.5. The maximum atomic E-state index is 12.8. The Labute approximate surface area is 184 Å². The van der Waals surface area contributed by atoms with Gasteiger partial charge in [0.15, 0.2) is 0 Å². The van der Waals surface area contributed by atoms with Crippen LogP contribution in [0, 0.1) is 27.2 Å². The fourth-order valence-corrected chi connectivity index (χ4v) is 2.68. The first-order chi connectivity index (χ1) is 13.2. The van der Waals surface area contributed by atoms with E-state index in [4.69, 9.17) is 0 Å². The van der Waals surface area contributed by atoms with Crippen molar-refractivity contribution in [1.82, 2.24) is 14.8 Å². The maximum absolute atomic E-state index is 12.8. The molecule has 0 fully saturated rings. The Kier molecular flexibility index (Phi) is 8.65. The molecule has 1 amide bonds. The topological polar surface area (TPSA) is 80.0 Å². The number of carbonyl (C=O) groups excluding carboxylic acids is 1. The van der Waals surface area contributed by atoms with Crippen LogP contribution in [0.2, 0.25) is 0 Å². The molecule has 0 spiro atoms. The van der Waals surface area contributed by atoms with Crippen molar-refractivity contribution in [3.63, 3.8) is 0 Å². The van der Waals surface area contributed by atoms with Crippen LogP contribution in [0.1, 0.15) is 21.7 Å². The summed E-state index contributed by atoms with van der Waals surface area (Å²) in [4.78, 5) is 15.8. The van der Waals surface area contributed by atoms with Crippen LogP contribution in [0.3, 0.4) is 0 Å². The number of benzene rings is 1. The number of alkyl halides is 3. The third-order valence-corrected chi connectivity index (χ3v) is 3.91. The number of halogens is 3. The Morgan fingerprint density at radius 3 is 2.57 bits per heavy atom. The predicted octanol–water partition coefficient (Wildman–Crippen LogP) is 3.93. The van der Waals surface area contributed by atoms with E-state index >= 15 is 0 Å². The number of hydrogen-bond donors (Lipinski definition) is 2. The van der Waals surface area contributed by atoms with Crippen molar-refractivity contribution in [2.75, 3.05) is 5.32 Å². The minimum atomic E-state index is -4.65. The first-order valence-corrected chi connectivity index (χ1v) is 8.30. The standard InChI is InChI=1S/C19H17F3N4O2.CH3.V/c1-11(2)8-26-9-12-6-15(13(10-27)7-16(12)25-26)24-18(28)14-4-3-5-17(23-14)19(20,21)22;;/h3-7,9,11,27H,1-2,8,10H2,(H,24,28);1H3;/q-2;-1;. The van der Waals surface area contributed by atoms with Gasteiger partial charge in [-0.2, -0.15) is 18.3 Å². The summed E-state index contributed by atoms with van der Waals surface area (Å²) < 4.78 is 40.0. The molecule has 0 aliphatic carbocycles. The van der Waals surface area contributed by atoms with Crippen molar-refractivity contribution in [1.29, 1.82) is 0 Å².